The summed E-state index contributed by atoms with van der Waals surface area (Å²) >= 11 is 0. The first kappa shape index (κ1) is 20.1. The Kier molecular flexibility index (Phi) is 5.01. The van der Waals surface area contributed by atoms with E-state index in [2.05, 4.69) is 35.2 Å². The van der Waals surface area contributed by atoms with Gasteiger partial charge in [0, 0.05) is 17.3 Å². The maximum atomic E-state index is 13.0. The summed E-state index contributed by atoms with van der Waals surface area (Å²) < 4.78 is 1.70. The Morgan fingerprint density at radius 1 is 1.00 bits per heavy atom. The lowest BCUT2D eigenvalue weighted by atomic mass is 9.97. The molecule has 4 aromatic rings. The monoisotopic (exact) mass is 424 g/mol. The van der Waals surface area contributed by atoms with Crippen molar-refractivity contribution in [2.45, 2.75) is 39.2 Å². The number of amides is 1. The van der Waals surface area contributed by atoms with Gasteiger partial charge >= 0.3 is 0 Å². The maximum Gasteiger partial charge on any atom is 0.233 e. The third-order valence-electron chi connectivity index (χ3n) is 5.95. The largest absolute Gasteiger partial charge is 0.289 e. The zero-order chi connectivity index (χ0) is 22.2. The second-order valence-corrected chi connectivity index (χ2v) is 8.34. The number of fused-ring (bicyclic) bond motifs is 1. The highest BCUT2D eigenvalue weighted by Crippen LogP contribution is 2.36. The second-order valence-electron chi connectivity index (χ2n) is 8.34. The average Bonchev–Trinajstić information content (AvgIpc) is 3.46. The molecule has 7 heteroatoms. The lowest BCUT2D eigenvalue weighted by Crippen LogP contribution is -2.30. The molecule has 1 atom stereocenters. The lowest BCUT2D eigenvalue weighted by Gasteiger charge is -2.25. The molecular formula is C25H24N6O. The van der Waals surface area contributed by atoms with Crippen molar-refractivity contribution in [2.75, 3.05) is 4.90 Å². The molecule has 0 fully saturated rings. The van der Waals surface area contributed by atoms with Crippen LogP contribution in [-0.2, 0) is 11.2 Å². The Morgan fingerprint density at radius 2 is 1.78 bits per heavy atom. The Labute approximate surface area is 186 Å². The summed E-state index contributed by atoms with van der Waals surface area (Å²) in [7, 11) is 0. The number of rotatable bonds is 5. The predicted molar refractivity (Wildman–Crippen MR) is 123 cm³/mol. The summed E-state index contributed by atoms with van der Waals surface area (Å²) in [5.41, 5.74) is 5.01. The van der Waals surface area contributed by atoms with Crippen LogP contribution < -0.4 is 4.90 Å². The van der Waals surface area contributed by atoms with Crippen molar-refractivity contribution in [3.8, 4) is 17.1 Å². The smallest absolute Gasteiger partial charge is 0.233 e. The van der Waals surface area contributed by atoms with E-state index in [4.69, 9.17) is 4.98 Å². The minimum absolute atomic E-state index is 0.0384. The first-order chi connectivity index (χ1) is 15.5. The third-order valence-corrected chi connectivity index (χ3v) is 5.95. The van der Waals surface area contributed by atoms with Gasteiger partial charge in [-0.2, -0.15) is 0 Å². The van der Waals surface area contributed by atoms with Gasteiger partial charge in [-0.15, -0.1) is 5.10 Å². The van der Waals surface area contributed by atoms with Crippen molar-refractivity contribution < 1.29 is 4.79 Å². The van der Waals surface area contributed by atoms with Crippen LogP contribution >= 0.6 is 0 Å². The van der Waals surface area contributed by atoms with Gasteiger partial charge in [0.2, 0.25) is 5.91 Å². The van der Waals surface area contributed by atoms with Crippen molar-refractivity contribution in [3.05, 3.63) is 83.8 Å². The van der Waals surface area contributed by atoms with Crippen molar-refractivity contribution in [1.29, 1.82) is 0 Å². The molecule has 2 aromatic heterocycles. The minimum Gasteiger partial charge on any atom is -0.289 e. The van der Waals surface area contributed by atoms with Crippen LogP contribution in [0.4, 0.5) is 5.82 Å². The van der Waals surface area contributed by atoms with Gasteiger partial charge in [-0.1, -0.05) is 55.5 Å². The predicted octanol–water partition coefficient (Wildman–Crippen LogP) is 4.50. The SMILES string of the molecule is CC(C)c1ccccc1-c1ncc2c(n1)N([C@@H](C)c1ccc(-n3ccnn3)cc1)C(=O)C2. The van der Waals surface area contributed by atoms with Gasteiger partial charge in [-0.3, -0.25) is 9.69 Å². The number of benzene rings is 2. The highest BCUT2D eigenvalue weighted by molar-refractivity contribution is 6.01. The van der Waals surface area contributed by atoms with E-state index in [-0.39, 0.29) is 11.9 Å². The number of anilines is 1. The van der Waals surface area contributed by atoms with Crippen molar-refractivity contribution in [2.24, 2.45) is 0 Å². The van der Waals surface area contributed by atoms with E-state index < -0.39 is 0 Å². The molecule has 7 nitrogen and oxygen atoms in total. The molecule has 0 saturated carbocycles. The van der Waals surface area contributed by atoms with Crippen LogP contribution in [0.2, 0.25) is 0 Å². The molecule has 0 N–H and O–H groups in total. The summed E-state index contributed by atoms with van der Waals surface area (Å²) in [4.78, 5) is 24.2. The van der Waals surface area contributed by atoms with E-state index in [9.17, 15) is 4.79 Å². The number of hydrogen-bond acceptors (Lipinski definition) is 5. The molecule has 1 amide bonds. The minimum atomic E-state index is -0.156. The van der Waals surface area contributed by atoms with Gasteiger partial charge in [0.05, 0.1) is 30.5 Å². The molecule has 0 radical (unpaired) electrons. The van der Waals surface area contributed by atoms with Crippen molar-refractivity contribution in [3.63, 3.8) is 0 Å². The molecule has 0 saturated heterocycles. The summed E-state index contributed by atoms with van der Waals surface area (Å²) in [5, 5.41) is 7.87. The fourth-order valence-corrected chi connectivity index (χ4v) is 4.23. The third kappa shape index (κ3) is 3.45. The molecule has 0 aliphatic carbocycles. The topological polar surface area (TPSA) is 76.8 Å². The molecular weight excluding hydrogens is 400 g/mol. The first-order valence-electron chi connectivity index (χ1n) is 10.8. The van der Waals surface area contributed by atoms with E-state index in [1.165, 1.54) is 5.56 Å². The van der Waals surface area contributed by atoms with Crippen LogP contribution in [0.1, 0.15) is 49.4 Å². The molecule has 160 valence electrons. The van der Waals surface area contributed by atoms with Gasteiger partial charge in [-0.25, -0.2) is 14.6 Å². The number of carbonyl (C=O) groups excluding carboxylic acids is 1. The standard InChI is InChI=1S/C25H24N6O/c1-16(2)21-6-4-5-7-22(21)24-26-15-19-14-23(32)31(25(19)28-24)17(3)18-8-10-20(11-9-18)30-13-12-27-29-30/h4-13,15-17H,14H2,1-3H3/t17-/m0/s1. The Hall–Kier alpha value is -3.87. The molecule has 32 heavy (non-hydrogen) atoms. The molecule has 0 unspecified atom stereocenters. The fourth-order valence-electron chi connectivity index (χ4n) is 4.23. The Morgan fingerprint density at radius 3 is 2.50 bits per heavy atom. The van der Waals surface area contributed by atoms with Crippen LogP contribution in [0.5, 0.6) is 0 Å². The molecule has 1 aliphatic rings. The van der Waals surface area contributed by atoms with Gasteiger partial charge in [0.15, 0.2) is 5.82 Å². The number of carbonyl (C=O) groups is 1. The Balaban J connectivity index is 1.50. The molecule has 0 spiro atoms. The quantitative estimate of drug-likeness (QED) is 0.471. The van der Waals surface area contributed by atoms with E-state index in [0.29, 0.717) is 24.0 Å². The van der Waals surface area contributed by atoms with Crippen LogP contribution in [0, 0.1) is 0 Å². The average molecular weight is 425 g/mol. The van der Waals surface area contributed by atoms with E-state index in [1.807, 2.05) is 49.4 Å². The first-order valence-corrected chi connectivity index (χ1v) is 10.8. The summed E-state index contributed by atoms with van der Waals surface area (Å²) in [6.45, 7) is 6.35. The van der Waals surface area contributed by atoms with Gasteiger partial charge in [0.25, 0.3) is 0 Å². The van der Waals surface area contributed by atoms with Crippen molar-refractivity contribution in [1.82, 2.24) is 25.0 Å². The van der Waals surface area contributed by atoms with Crippen molar-refractivity contribution >= 4 is 11.7 Å². The van der Waals surface area contributed by atoms with Crippen LogP contribution in [0.25, 0.3) is 17.1 Å². The summed E-state index contributed by atoms with van der Waals surface area (Å²) in [6, 6.07) is 16.0. The van der Waals surface area contributed by atoms with E-state index >= 15 is 0 Å². The lowest BCUT2D eigenvalue weighted by molar-refractivity contribution is -0.117. The maximum absolute atomic E-state index is 13.0. The number of aromatic nitrogens is 5. The summed E-state index contributed by atoms with van der Waals surface area (Å²) in [5.74, 6) is 1.74. The van der Waals surface area contributed by atoms with Gasteiger partial charge in [-0.05, 0) is 36.1 Å². The van der Waals surface area contributed by atoms with Gasteiger partial charge in [0.1, 0.15) is 5.82 Å². The fraction of sp³-hybridized carbons (Fsp3) is 0.240. The highest BCUT2D eigenvalue weighted by atomic mass is 16.2. The molecule has 5 rings (SSSR count). The zero-order valence-electron chi connectivity index (χ0n) is 18.3. The molecule has 1 aliphatic heterocycles. The Bertz CT molecular complexity index is 1260. The van der Waals surface area contributed by atoms with Gasteiger partial charge < -0.3 is 0 Å². The van der Waals surface area contributed by atoms with Crippen LogP contribution in [-0.4, -0.2) is 30.9 Å². The molecule has 2 aromatic carbocycles. The normalized spacial score (nSPS) is 14.1. The molecule has 0 bridgehead atoms. The number of hydrogen-bond donors (Lipinski definition) is 0. The highest BCUT2D eigenvalue weighted by Gasteiger charge is 2.34. The second kappa shape index (κ2) is 8.00. The van der Waals surface area contributed by atoms with E-state index in [1.54, 1.807) is 28.2 Å². The number of nitrogens with zero attached hydrogens (tertiary/aromatic N) is 6. The van der Waals surface area contributed by atoms with Crippen LogP contribution in [0.15, 0.2) is 67.1 Å². The molecule has 3 heterocycles. The van der Waals surface area contributed by atoms with E-state index in [0.717, 1.165) is 22.4 Å². The zero-order valence-corrected chi connectivity index (χ0v) is 18.3. The van der Waals surface area contributed by atoms with Crippen LogP contribution in [0.3, 0.4) is 0 Å². The summed E-state index contributed by atoms with van der Waals surface area (Å²) in [6.07, 6.45) is 5.56.